The van der Waals surface area contributed by atoms with Crippen LogP contribution in [0.1, 0.15) is 43.5 Å². The van der Waals surface area contributed by atoms with Gasteiger partial charge in [-0.3, -0.25) is 9.59 Å². The summed E-state index contributed by atoms with van der Waals surface area (Å²) in [7, 11) is 3.81. The normalized spacial score (nSPS) is 31.6. The lowest BCUT2D eigenvalue weighted by molar-refractivity contribution is -0.170. The van der Waals surface area contributed by atoms with Crippen LogP contribution < -0.4 is 4.90 Å². The van der Waals surface area contributed by atoms with Crippen molar-refractivity contribution in [2.75, 3.05) is 25.6 Å². The van der Waals surface area contributed by atoms with Gasteiger partial charge in [-0.25, -0.2) is 0 Å². The van der Waals surface area contributed by atoms with Gasteiger partial charge in [0.2, 0.25) is 0 Å². The van der Waals surface area contributed by atoms with Crippen LogP contribution in [-0.4, -0.2) is 84.2 Å². The maximum absolute atomic E-state index is 12.4. The van der Waals surface area contributed by atoms with Gasteiger partial charge in [-0.15, -0.1) is 0 Å². The average molecular weight is 450 g/mol. The molecule has 0 spiro atoms. The van der Waals surface area contributed by atoms with Crippen molar-refractivity contribution in [3.8, 4) is 0 Å². The zero-order chi connectivity index (χ0) is 23.6. The lowest BCUT2D eigenvalue weighted by Crippen LogP contribution is -2.51. The van der Waals surface area contributed by atoms with Gasteiger partial charge >= 0.3 is 0 Å². The first kappa shape index (κ1) is 24.8. The number of epoxide rings is 1. The number of ketones is 2. The summed E-state index contributed by atoms with van der Waals surface area (Å²) in [5.41, 5.74) is 1.41. The van der Waals surface area contributed by atoms with E-state index in [2.05, 4.69) is 0 Å². The fraction of sp³-hybridized carbons (Fsp3) is 0.667. The fourth-order valence-corrected chi connectivity index (χ4v) is 4.24. The van der Waals surface area contributed by atoms with Gasteiger partial charge in [0.25, 0.3) is 0 Å². The minimum atomic E-state index is -1.21. The van der Waals surface area contributed by atoms with Gasteiger partial charge in [0.05, 0.1) is 43.5 Å². The van der Waals surface area contributed by atoms with Gasteiger partial charge in [0.1, 0.15) is 11.9 Å². The monoisotopic (exact) mass is 449 g/mol. The van der Waals surface area contributed by atoms with E-state index in [9.17, 15) is 24.9 Å². The number of rotatable bonds is 10. The Morgan fingerprint density at radius 1 is 1.09 bits per heavy atom. The molecule has 1 aromatic carbocycles. The first-order chi connectivity index (χ1) is 15.1. The third kappa shape index (κ3) is 5.94. The van der Waals surface area contributed by atoms with Crippen LogP contribution in [-0.2, 0) is 14.3 Å². The molecule has 0 radical (unpaired) electrons. The summed E-state index contributed by atoms with van der Waals surface area (Å²) in [5, 5.41) is 30.7. The third-order valence-corrected chi connectivity index (χ3v) is 6.67. The Morgan fingerprint density at radius 2 is 1.75 bits per heavy atom. The zero-order valence-corrected chi connectivity index (χ0v) is 19.2. The number of aliphatic hydroxyl groups is 3. The maximum Gasteiger partial charge on any atom is 0.170 e. The summed E-state index contributed by atoms with van der Waals surface area (Å²) in [4.78, 5) is 26.8. The molecule has 2 fully saturated rings. The van der Waals surface area contributed by atoms with E-state index < -0.39 is 24.4 Å². The predicted octanol–water partition coefficient (Wildman–Crippen LogP) is 1.20. The highest BCUT2D eigenvalue weighted by molar-refractivity contribution is 6.08. The summed E-state index contributed by atoms with van der Waals surface area (Å²) < 4.78 is 11.3. The Balaban J connectivity index is 1.47. The number of hydrogen-bond acceptors (Lipinski definition) is 8. The van der Waals surface area contributed by atoms with E-state index in [4.69, 9.17) is 9.47 Å². The largest absolute Gasteiger partial charge is 0.393 e. The second-order valence-electron chi connectivity index (χ2n) is 9.37. The zero-order valence-electron chi connectivity index (χ0n) is 19.2. The second kappa shape index (κ2) is 10.4. The fourth-order valence-electron chi connectivity index (χ4n) is 4.24. The smallest absolute Gasteiger partial charge is 0.170 e. The molecule has 2 saturated heterocycles. The molecule has 0 saturated carbocycles. The molecule has 0 bridgehead atoms. The Morgan fingerprint density at radius 3 is 2.34 bits per heavy atom. The predicted molar refractivity (Wildman–Crippen MR) is 119 cm³/mol. The summed E-state index contributed by atoms with van der Waals surface area (Å²) in [6.45, 7) is 3.83. The number of hydrogen-bond donors (Lipinski definition) is 3. The SMILES string of the molecule is C[C@H]([C@@H]1O[C@H]1C[C@H]1CO[C@@H](CC(=O)CC(=O)c2ccc(N(C)C)cc2)[C@H](O)[C@@H]1O)[C@H](C)O. The first-order valence-electron chi connectivity index (χ1n) is 11.2. The number of carbonyl (C=O) groups is 2. The van der Waals surface area contributed by atoms with E-state index in [0.717, 1.165) is 5.69 Å². The molecule has 0 amide bonds. The van der Waals surface area contributed by atoms with Crippen LogP contribution in [0.4, 0.5) is 5.69 Å². The Kier molecular flexibility index (Phi) is 8.06. The van der Waals surface area contributed by atoms with Crippen LogP contribution in [0.5, 0.6) is 0 Å². The molecule has 8 atom stereocenters. The van der Waals surface area contributed by atoms with E-state index in [0.29, 0.717) is 12.0 Å². The van der Waals surface area contributed by atoms with Gasteiger partial charge < -0.3 is 29.7 Å². The molecule has 8 heteroatoms. The number of carbonyl (C=O) groups excluding carboxylic acids is 2. The van der Waals surface area contributed by atoms with Gasteiger partial charge in [0, 0.05) is 43.6 Å². The van der Waals surface area contributed by atoms with Crippen LogP contribution in [0.15, 0.2) is 24.3 Å². The number of ether oxygens (including phenoxy) is 2. The highest BCUT2D eigenvalue weighted by Gasteiger charge is 2.48. The van der Waals surface area contributed by atoms with Crippen molar-refractivity contribution in [2.24, 2.45) is 11.8 Å². The lowest BCUT2D eigenvalue weighted by Gasteiger charge is -2.37. The first-order valence-corrected chi connectivity index (χ1v) is 11.2. The van der Waals surface area contributed by atoms with Crippen molar-refractivity contribution in [3.05, 3.63) is 29.8 Å². The highest BCUT2D eigenvalue weighted by atomic mass is 16.6. The van der Waals surface area contributed by atoms with Crippen molar-refractivity contribution in [1.29, 1.82) is 0 Å². The van der Waals surface area contributed by atoms with Crippen molar-refractivity contribution in [1.82, 2.24) is 0 Å². The molecule has 32 heavy (non-hydrogen) atoms. The van der Waals surface area contributed by atoms with Crippen molar-refractivity contribution in [2.45, 2.75) is 69.7 Å². The standard InChI is InChI=1S/C24H35NO7/c1-13(14(2)26)24-21(32-24)9-16-12-31-20(23(30)22(16)29)11-18(27)10-19(28)15-5-7-17(8-6-15)25(3)4/h5-8,13-14,16,20-24,26,29-30H,9-12H2,1-4H3/t13-,14-,16-,20-,21-,22+,23-,24-/m0/s1. The third-order valence-electron chi connectivity index (χ3n) is 6.67. The van der Waals surface area contributed by atoms with Gasteiger partial charge in [-0.05, 0) is 37.6 Å². The molecule has 0 aromatic heterocycles. The molecule has 2 heterocycles. The van der Waals surface area contributed by atoms with Crippen LogP contribution in [0.25, 0.3) is 0 Å². The van der Waals surface area contributed by atoms with E-state index in [1.165, 1.54) is 0 Å². The number of benzene rings is 1. The average Bonchev–Trinajstić information content (AvgIpc) is 3.51. The molecular weight excluding hydrogens is 414 g/mol. The minimum Gasteiger partial charge on any atom is -0.393 e. The topological polar surface area (TPSA) is 120 Å². The molecule has 2 aliphatic heterocycles. The Labute approximate surface area is 189 Å². The Hall–Kier alpha value is -1.84. The van der Waals surface area contributed by atoms with E-state index in [-0.39, 0.29) is 55.1 Å². The van der Waals surface area contributed by atoms with Gasteiger partial charge in [0.15, 0.2) is 5.78 Å². The summed E-state index contributed by atoms with van der Waals surface area (Å²) in [6, 6.07) is 7.02. The quantitative estimate of drug-likeness (QED) is 0.277. The highest BCUT2D eigenvalue weighted by Crippen LogP contribution is 2.38. The molecule has 8 nitrogen and oxygen atoms in total. The van der Waals surface area contributed by atoms with Crippen LogP contribution >= 0.6 is 0 Å². The molecule has 178 valence electrons. The molecule has 2 aliphatic rings. The number of aliphatic hydroxyl groups excluding tert-OH is 3. The minimum absolute atomic E-state index is 0.00596. The van der Waals surface area contributed by atoms with Crippen LogP contribution in [0.3, 0.4) is 0 Å². The summed E-state index contributed by atoms with van der Waals surface area (Å²) >= 11 is 0. The molecular formula is C24H35NO7. The number of nitrogens with zero attached hydrogens (tertiary/aromatic N) is 1. The van der Waals surface area contributed by atoms with Crippen LogP contribution in [0, 0.1) is 11.8 Å². The molecule has 0 unspecified atom stereocenters. The summed E-state index contributed by atoms with van der Waals surface area (Å²) in [6.07, 6.45) is -3.60. The number of Topliss-reactive ketones (excluding diaryl/α,β-unsaturated/α-hetero) is 2. The van der Waals surface area contributed by atoms with Crippen molar-refractivity contribution < 1.29 is 34.4 Å². The van der Waals surface area contributed by atoms with Crippen LogP contribution in [0.2, 0.25) is 0 Å². The van der Waals surface area contributed by atoms with Gasteiger partial charge in [-0.2, -0.15) is 0 Å². The maximum atomic E-state index is 12.4. The van der Waals surface area contributed by atoms with E-state index in [1.807, 2.05) is 38.1 Å². The van der Waals surface area contributed by atoms with Gasteiger partial charge in [-0.1, -0.05) is 6.92 Å². The molecule has 3 rings (SSSR count). The molecule has 3 N–H and O–H groups in total. The Bertz CT molecular complexity index is 794. The van der Waals surface area contributed by atoms with Crippen molar-refractivity contribution in [3.63, 3.8) is 0 Å². The second-order valence-corrected chi connectivity index (χ2v) is 9.37. The lowest BCUT2D eigenvalue weighted by atomic mass is 9.85. The molecule has 1 aromatic rings. The van der Waals surface area contributed by atoms with E-state index >= 15 is 0 Å². The van der Waals surface area contributed by atoms with Crippen molar-refractivity contribution >= 4 is 17.3 Å². The van der Waals surface area contributed by atoms with E-state index in [1.54, 1.807) is 19.1 Å². The number of anilines is 1. The molecule has 0 aliphatic carbocycles. The summed E-state index contributed by atoms with van der Waals surface area (Å²) in [5.74, 6) is -0.941.